The molecule has 0 unspecified atom stereocenters. The van der Waals surface area contributed by atoms with Crippen LogP contribution in [0.25, 0.3) is 10.8 Å². The molecule has 0 aliphatic carbocycles. The van der Waals surface area contributed by atoms with Gasteiger partial charge in [0, 0.05) is 49.6 Å². The summed E-state index contributed by atoms with van der Waals surface area (Å²) in [6, 6.07) is 6.09. The zero-order chi connectivity index (χ0) is 18.0. The van der Waals surface area contributed by atoms with Gasteiger partial charge in [0.15, 0.2) is 0 Å². The van der Waals surface area contributed by atoms with Crippen LogP contribution in [0.2, 0.25) is 0 Å². The Bertz CT molecular complexity index is 884. The number of carbonyl (C=O) groups is 1. The molecule has 0 fully saturated rings. The molecule has 0 atom stereocenters. The highest BCUT2D eigenvalue weighted by atomic mass is 16.5. The highest BCUT2D eigenvalue weighted by Crippen LogP contribution is 2.30. The van der Waals surface area contributed by atoms with Gasteiger partial charge in [0.25, 0.3) is 0 Å². The lowest BCUT2D eigenvalue weighted by molar-refractivity contribution is -0.128. The van der Waals surface area contributed by atoms with Gasteiger partial charge in [-0.3, -0.25) is 14.8 Å². The summed E-state index contributed by atoms with van der Waals surface area (Å²) in [6.07, 6.45) is 4.44. The largest absolute Gasteiger partial charge is 0.494 e. The predicted molar refractivity (Wildman–Crippen MR) is 100 cm³/mol. The van der Waals surface area contributed by atoms with Crippen LogP contribution in [0.15, 0.2) is 46.7 Å². The Labute approximate surface area is 148 Å². The summed E-state index contributed by atoms with van der Waals surface area (Å²) in [5.41, 5.74) is 4.35. The molecule has 0 bridgehead atoms. The normalized spacial score (nSPS) is 15.7. The number of hydrogen-bond acceptors (Lipinski definition) is 4. The number of hydrogen-bond donors (Lipinski definition) is 0. The average molecular weight is 337 g/mol. The number of nitrogens with zero attached hydrogens (tertiary/aromatic N) is 3. The molecule has 5 heteroatoms. The Balaban J connectivity index is 2.14. The molecular weight excluding hydrogens is 314 g/mol. The summed E-state index contributed by atoms with van der Waals surface area (Å²) in [4.78, 5) is 22.6. The maximum absolute atomic E-state index is 11.8. The van der Waals surface area contributed by atoms with E-state index in [9.17, 15) is 4.79 Å². The van der Waals surface area contributed by atoms with Crippen molar-refractivity contribution in [2.24, 2.45) is 4.99 Å². The van der Waals surface area contributed by atoms with E-state index in [0.29, 0.717) is 6.54 Å². The zero-order valence-electron chi connectivity index (χ0n) is 15.2. The lowest BCUT2D eigenvalue weighted by Gasteiger charge is -2.30. The fraction of sp³-hybridized carbons (Fsp3) is 0.350. The molecule has 2 heterocycles. The third-order valence-electron chi connectivity index (χ3n) is 4.82. The van der Waals surface area contributed by atoms with Crippen molar-refractivity contribution in [1.82, 2.24) is 9.88 Å². The van der Waals surface area contributed by atoms with E-state index in [0.717, 1.165) is 46.3 Å². The molecule has 130 valence electrons. The Morgan fingerprint density at radius 2 is 2.08 bits per heavy atom. The Morgan fingerprint density at radius 1 is 1.28 bits per heavy atom. The lowest BCUT2D eigenvalue weighted by Crippen LogP contribution is -2.37. The first-order valence-corrected chi connectivity index (χ1v) is 8.39. The summed E-state index contributed by atoms with van der Waals surface area (Å²) in [5, 5.41) is 2.01. The third kappa shape index (κ3) is 3.14. The SMILES string of the molecule is CN=C(C1=C(C)CCN(C(C)=O)C1)c1cccc2c(OC)cncc12. The summed E-state index contributed by atoms with van der Waals surface area (Å²) in [7, 11) is 3.45. The summed E-state index contributed by atoms with van der Waals surface area (Å²) in [6.45, 7) is 5.11. The number of aromatic nitrogens is 1. The molecule has 1 aliphatic heterocycles. The molecule has 1 aromatic carbocycles. The highest BCUT2D eigenvalue weighted by molar-refractivity contribution is 6.20. The lowest BCUT2D eigenvalue weighted by atomic mass is 9.91. The first-order valence-electron chi connectivity index (χ1n) is 8.39. The number of aliphatic imine (C=N–C) groups is 1. The van der Waals surface area contributed by atoms with Crippen LogP contribution in [-0.2, 0) is 4.79 Å². The van der Waals surface area contributed by atoms with Crippen molar-refractivity contribution in [1.29, 1.82) is 0 Å². The van der Waals surface area contributed by atoms with Gasteiger partial charge in [0.1, 0.15) is 5.75 Å². The standard InChI is InChI=1S/C20H23N3O2/c1-13-8-9-23(14(2)24)12-18(13)20(21-3)16-7-5-6-15-17(16)10-22-11-19(15)25-4/h5-7,10-11H,8-9,12H2,1-4H3. The van der Waals surface area contributed by atoms with Crippen molar-refractivity contribution in [3.63, 3.8) is 0 Å². The summed E-state index contributed by atoms with van der Waals surface area (Å²) >= 11 is 0. The molecule has 0 saturated heterocycles. The van der Waals surface area contributed by atoms with Crippen molar-refractivity contribution >= 4 is 22.4 Å². The Kier molecular flexibility index (Phi) is 4.83. The van der Waals surface area contributed by atoms with Crippen LogP contribution in [0.3, 0.4) is 0 Å². The maximum Gasteiger partial charge on any atom is 0.219 e. The molecular formula is C20H23N3O2. The molecule has 1 amide bonds. The van der Waals surface area contributed by atoms with Crippen LogP contribution in [-0.4, -0.2) is 48.7 Å². The minimum atomic E-state index is 0.0988. The number of rotatable bonds is 3. The topological polar surface area (TPSA) is 54.8 Å². The number of benzene rings is 1. The number of fused-ring (bicyclic) bond motifs is 1. The van der Waals surface area contributed by atoms with E-state index in [4.69, 9.17) is 4.74 Å². The van der Waals surface area contributed by atoms with E-state index < -0.39 is 0 Å². The minimum Gasteiger partial charge on any atom is -0.494 e. The van der Waals surface area contributed by atoms with E-state index in [1.165, 1.54) is 5.57 Å². The van der Waals surface area contributed by atoms with E-state index in [2.05, 4.69) is 23.0 Å². The van der Waals surface area contributed by atoms with Gasteiger partial charge in [-0.25, -0.2) is 0 Å². The van der Waals surface area contributed by atoms with Gasteiger partial charge in [0.2, 0.25) is 5.91 Å². The Hall–Kier alpha value is -2.69. The molecule has 0 N–H and O–H groups in total. The second kappa shape index (κ2) is 7.05. The van der Waals surface area contributed by atoms with Crippen LogP contribution in [0.1, 0.15) is 25.8 Å². The number of amides is 1. The molecule has 1 aliphatic rings. The number of ether oxygens (including phenoxy) is 1. The first kappa shape index (κ1) is 17.1. The van der Waals surface area contributed by atoms with E-state index in [-0.39, 0.29) is 5.91 Å². The molecule has 2 aromatic rings. The molecule has 1 aromatic heterocycles. The molecule has 3 rings (SSSR count). The van der Waals surface area contributed by atoms with Gasteiger partial charge in [0.05, 0.1) is 19.0 Å². The first-order chi connectivity index (χ1) is 12.1. The predicted octanol–water partition coefficient (Wildman–Crippen LogP) is 3.23. The third-order valence-corrected chi connectivity index (χ3v) is 4.82. The van der Waals surface area contributed by atoms with Gasteiger partial charge in [-0.1, -0.05) is 23.8 Å². The van der Waals surface area contributed by atoms with Gasteiger partial charge >= 0.3 is 0 Å². The smallest absolute Gasteiger partial charge is 0.219 e. The molecule has 0 spiro atoms. The highest BCUT2D eigenvalue weighted by Gasteiger charge is 2.23. The van der Waals surface area contributed by atoms with Crippen molar-refractivity contribution in [3.8, 4) is 5.75 Å². The average Bonchev–Trinajstić information content (AvgIpc) is 2.63. The van der Waals surface area contributed by atoms with Crippen LogP contribution >= 0.6 is 0 Å². The van der Waals surface area contributed by atoms with Gasteiger partial charge in [-0.05, 0) is 18.9 Å². The number of methoxy groups -OCH3 is 1. The number of carbonyl (C=O) groups excluding carboxylic acids is 1. The quantitative estimate of drug-likeness (QED) is 0.808. The molecule has 5 nitrogen and oxygen atoms in total. The second-order valence-electron chi connectivity index (χ2n) is 6.26. The van der Waals surface area contributed by atoms with Crippen molar-refractivity contribution in [2.75, 3.05) is 27.2 Å². The molecule has 0 saturated carbocycles. The van der Waals surface area contributed by atoms with Crippen molar-refractivity contribution in [2.45, 2.75) is 20.3 Å². The summed E-state index contributed by atoms with van der Waals surface area (Å²) in [5.74, 6) is 0.844. The van der Waals surface area contributed by atoms with E-state index in [1.807, 2.05) is 23.2 Å². The van der Waals surface area contributed by atoms with E-state index >= 15 is 0 Å². The maximum atomic E-state index is 11.8. The number of pyridine rings is 1. The Morgan fingerprint density at radius 3 is 2.76 bits per heavy atom. The van der Waals surface area contributed by atoms with Crippen LogP contribution in [0.4, 0.5) is 0 Å². The zero-order valence-corrected chi connectivity index (χ0v) is 15.2. The fourth-order valence-electron chi connectivity index (χ4n) is 3.36. The van der Waals surface area contributed by atoms with Gasteiger partial charge < -0.3 is 9.64 Å². The van der Waals surface area contributed by atoms with Crippen LogP contribution in [0, 0.1) is 0 Å². The van der Waals surface area contributed by atoms with Crippen LogP contribution < -0.4 is 4.74 Å². The van der Waals surface area contributed by atoms with Crippen molar-refractivity contribution in [3.05, 3.63) is 47.3 Å². The fourth-order valence-corrected chi connectivity index (χ4v) is 3.36. The van der Waals surface area contributed by atoms with Gasteiger partial charge in [-0.15, -0.1) is 0 Å². The monoisotopic (exact) mass is 337 g/mol. The molecule has 0 radical (unpaired) electrons. The van der Waals surface area contributed by atoms with E-state index in [1.54, 1.807) is 27.3 Å². The summed E-state index contributed by atoms with van der Waals surface area (Å²) < 4.78 is 5.44. The van der Waals surface area contributed by atoms with Crippen molar-refractivity contribution < 1.29 is 9.53 Å². The minimum absolute atomic E-state index is 0.0988. The van der Waals surface area contributed by atoms with Gasteiger partial charge in [-0.2, -0.15) is 0 Å². The van der Waals surface area contributed by atoms with Crippen LogP contribution in [0.5, 0.6) is 5.75 Å². The molecule has 25 heavy (non-hydrogen) atoms. The second-order valence-corrected chi connectivity index (χ2v) is 6.26.